The van der Waals surface area contributed by atoms with Crippen molar-refractivity contribution in [3.63, 3.8) is 0 Å². The minimum Gasteiger partial charge on any atom is -0.261 e. The molecule has 1 nitrogen and oxygen atoms in total. The molecule has 0 aliphatic carbocycles. The maximum Gasteiger partial charge on any atom is 0.0403 e. The Labute approximate surface area is 102 Å². The van der Waals surface area contributed by atoms with Crippen molar-refractivity contribution >= 4 is 0 Å². The Hall–Kier alpha value is -0.850. The molecular formula is C15H29N. The molecular weight excluding hydrogens is 194 g/mol. The molecule has 0 bridgehead atoms. The van der Waals surface area contributed by atoms with Gasteiger partial charge < -0.3 is 0 Å². The highest BCUT2D eigenvalue weighted by Gasteiger charge is 1.86. The SMILES string of the molecule is CC.CCCCC.CCCc1ccccn1. The number of hydrogen-bond donors (Lipinski definition) is 0. The number of rotatable bonds is 4. The molecule has 0 saturated carbocycles. The summed E-state index contributed by atoms with van der Waals surface area (Å²) in [5.74, 6) is 0. The molecule has 1 aromatic heterocycles. The first-order valence-corrected chi connectivity index (χ1v) is 6.75. The van der Waals surface area contributed by atoms with Crippen molar-refractivity contribution in [1.29, 1.82) is 0 Å². The van der Waals surface area contributed by atoms with Gasteiger partial charge in [0.2, 0.25) is 0 Å². The first kappa shape index (κ1) is 17.5. The maximum absolute atomic E-state index is 4.17. The molecule has 1 heterocycles. The van der Waals surface area contributed by atoms with Crippen LogP contribution in [-0.4, -0.2) is 4.98 Å². The van der Waals surface area contributed by atoms with Gasteiger partial charge >= 0.3 is 0 Å². The van der Waals surface area contributed by atoms with Crippen LogP contribution in [0.3, 0.4) is 0 Å². The van der Waals surface area contributed by atoms with Gasteiger partial charge in [-0.25, -0.2) is 0 Å². The topological polar surface area (TPSA) is 12.9 Å². The third-order valence-corrected chi connectivity index (χ3v) is 1.94. The zero-order chi connectivity index (χ0) is 12.6. The average Bonchev–Trinajstić information content (AvgIpc) is 2.35. The fraction of sp³-hybridized carbons (Fsp3) is 0.667. The second-order valence-corrected chi connectivity index (χ2v) is 3.42. The van der Waals surface area contributed by atoms with Gasteiger partial charge in [-0.15, -0.1) is 0 Å². The molecule has 0 aromatic carbocycles. The van der Waals surface area contributed by atoms with Crippen molar-refractivity contribution < 1.29 is 0 Å². The summed E-state index contributed by atoms with van der Waals surface area (Å²) in [7, 11) is 0. The van der Waals surface area contributed by atoms with Gasteiger partial charge in [-0.1, -0.05) is 66.4 Å². The standard InChI is InChI=1S/C8H11N.C5H12.C2H6/c1-2-5-8-6-3-4-7-9-8;1-3-5-4-2;1-2/h3-4,6-7H,2,5H2,1H3;3-5H2,1-2H3;1-2H3. The van der Waals surface area contributed by atoms with Crippen LogP contribution in [0, 0.1) is 0 Å². The molecule has 0 N–H and O–H groups in total. The molecule has 0 atom stereocenters. The van der Waals surface area contributed by atoms with Crippen LogP contribution in [0.1, 0.15) is 66.0 Å². The molecule has 94 valence electrons. The van der Waals surface area contributed by atoms with E-state index in [9.17, 15) is 0 Å². The monoisotopic (exact) mass is 223 g/mol. The van der Waals surface area contributed by atoms with Crippen molar-refractivity contribution in [3.05, 3.63) is 30.1 Å². The average molecular weight is 223 g/mol. The molecule has 0 aliphatic rings. The predicted octanol–water partition coefficient (Wildman–Crippen LogP) is 5.26. The molecule has 0 unspecified atom stereocenters. The van der Waals surface area contributed by atoms with Crippen LogP contribution in [0.25, 0.3) is 0 Å². The van der Waals surface area contributed by atoms with Crippen molar-refractivity contribution in [2.24, 2.45) is 0 Å². The van der Waals surface area contributed by atoms with Crippen LogP contribution < -0.4 is 0 Å². The van der Waals surface area contributed by atoms with Crippen LogP contribution >= 0.6 is 0 Å². The summed E-state index contributed by atoms with van der Waals surface area (Å²) in [5, 5.41) is 0. The van der Waals surface area contributed by atoms with E-state index in [2.05, 4.69) is 31.8 Å². The van der Waals surface area contributed by atoms with Gasteiger partial charge in [-0.05, 0) is 18.6 Å². The lowest BCUT2D eigenvalue weighted by Crippen LogP contribution is -1.84. The fourth-order valence-electron chi connectivity index (χ4n) is 1.16. The molecule has 0 saturated heterocycles. The number of hydrogen-bond acceptors (Lipinski definition) is 1. The Bertz CT molecular complexity index is 192. The molecule has 0 amide bonds. The molecule has 0 aliphatic heterocycles. The number of nitrogens with zero attached hydrogens (tertiary/aromatic N) is 1. The normalized spacial score (nSPS) is 8.31. The Morgan fingerprint density at radius 2 is 1.56 bits per heavy atom. The highest BCUT2D eigenvalue weighted by atomic mass is 14.7. The lowest BCUT2D eigenvalue weighted by molar-refractivity contribution is 0.772. The van der Waals surface area contributed by atoms with E-state index in [1.54, 1.807) is 0 Å². The highest BCUT2D eigenvalue weighted by Crippen LogP contribution is 1.95. The van der Waals surface area contributed by atoms with Crippen LogP contribution in [0.4, 0.5) is 0 Å². The van der Waals surface area contributed by atoms with Gasteiger partial charge in [-0.2, -0.15) is 0 Å². The summed E-state index contributed by atoms with van der Waals surface area (Å²) in [4.78, 5) is 4.17. The van der Waals surface area contributed by atoms with Gasteiger partial charge in [-0.3, -0.25) is 4.98 Å². The minimum absolute atomic E-state index is 1.10. The van der Waals surface area contributed by atoms with Crippen LogP contribution in [0.5, 0.6) is 0 Å². The minimum atomic E-state index is 1.10. The Morgan fingerprint density at radius 1 is 0.938 bits per heavy atom. The molecule has 1 rings (SSSR count). The van der Waals surface area contributed by atoms with E-state index < -0.39 is 0 Å². The second-order valence-electron chi connectivity index (χ2n) is 3.42. The highest BCUT2D eigenvalue weighted by molar-refractivity contribution is 5.02. The molecule has 16 heavy (non-hydrogen) atoms. The Morgan fingerprint density at radius 3 is 1.88 bits per heavy atom. The quantitative estimate of drug-likeness (QED) is 0.678. The van der Waals surface area contributed by atoms with Crippen LogP contribution in [-0.2, 0) is 6.42 Å². The molecule has 0 spiro atoms. The molecule has 0 fully saturated rings. The summed E-state index contributed by atoms with van der Waals surface area (Å²) in [6, 6.07) is 6.03. The number of unbranched alkanes of at least 4 members (excludes halogenated alkanes) is 2. The van der Waals surface area contributed by atoms with E-state index in [0.29, 0.717) is 0 Å². The summed E-state index contributed by atoms with van der Waals surface area (Å²) in [6.07, 6.45) is 8.19. The third-order valence-electron chi connectivity index (χ3n) is 1.94. The van der Waals surface area contributed by atoms with Crippen molar-refractivity contribution in [1.82, 2.24) is 4.98 Å². The van der Waals surface area contributed by atoms with Crippen LogP contribution in [0.15, 0.2) is 24.4 Å². The summed E-state index contributed by atoms with van der Waals surface area (Å²) >= 11 is 0. The maximum atomic E-state index is 4.17. The van der Waals surface area contributed by atoms with Gasteiger partial charge in [0.25, 0.3) is 0 Å². The number of pyridine rings is 1. The second kappa shape index (κ2) is 16.6. The van der Waals surface area contributed by atoms with E-state index in [0.717, 1.165) is 6.42 Å². The Kier molecular flexibility index (Phi) is 18.2. The van der Waals surface area contributed by atoms with Gasteiger partial charge in [0, 0.05) is 11.9 Å². The van der Waals surface area contributed by atoms with E-state index >= 15 is 0 Å². The predicted molar refractivity (Wildman–Crippen MR) is 74.8 cm³/mol. The third kappa shape index (κ3) is 13.2. The molecule has 0 radical (unpaired) electrons. The first-order valence-electron chi connectivity index (χ1n) is 6.75. The molecule has 1 aromatic rings. The van der Waals surface area contributed by atoms with E-state index in [1.807, 2.05) is 32.2 Å². The van der Waals surface area contributed by atoms with Crippen molar-refractivity contribution in [3.8, 4) is 0 Å². The van der Waals surface area contributed by atoms with Crippen LogP contribution in [0.2, 0.25) is 0 Å². The number of aromatic nitrogens is 1. The lowest BCUT2D eigenvalue weighted by atomic mass is 10.2. The summed E-state index contributed by atoms with van der Waals surface area (Å²) in [6.45, 7) is 10.6. The van der Waals surface area contributed by atoms with Crippen molar-refractivity contribution in [2.45, 2.75) is 66.7 Å². The van der Waals surface area contributed by atoms with Gasteiger partial charge in [0.05, 0.1) is 0 Å². The molecule has 1 heteroatoms. The fourth-order valence-corrected chi connectivity index (χ4v) is 1.16. The largest absolute Gasteiger partial charge is 0.261 e. The van der Waals surface area contributed by atoms with E-state index in [4.69, 9.17) is 0 Å². The van der Waals surface area contributed by atoms with Gasteiger partial charge in [0.15, 0.2) is 0 Å². The lowest BCUT2D eigenvalue weighted by Gasteiger charge is -1.92. The number of aryl methyl sites for hydroxylation is 1. The zero-order valence-corrected chi connectivity index (χ0v) is 11.8. The van der Waals surface area contributed by atoms with Gasteiger partial charge in [0.1, 0.15) is 0 Å². The summed E-state index contributed by atoms with van der Waals surface area (Å²) < 4.78 is 0. The van der Waals surface area contributed by atoms with E-state index in [-0.39, 0.29) is 0 Å². The van der Waals surface area contributed by atoms with E-state index in [1.165, 1.54) is 31.4 Å². The first-order chi connectivity index (χ1) is 7.85. The zero-order valence-electron chi connectivity index (χ0n) is 11.8. The Balaban J connectivity index is 0. The smallest absolute Gasteiger partial charge is 0.0403 e. The summed E-state index contributed by atoms with van der Waals surface area (Å²) in [5.41, 5.74) is 1.19. The van der Waals surface area contributed by atoms with Crippen molar-refractivity contribution in [2.75, 3.05) is 0 Å².